The molecule has 0 atom stereocenters. The second-order valence-electron chi connectivity index (χ2n) is 6.48. The smallest absolute Gasteiger partial charge is 0.225 e. The molecule has 1 aliphatic rings. The number of aryl methyl sites for hydroxylation is 2. The second-order valence-corrected chi connectivity index (χ2v) is 6.48. The van der Waals surface area contributed by atoms with Crippen LogP contribution in [0.1, 0.15) is 37.3 Å². The molecular formula is C19H30N2O2. The molecule has 0 aliphatic carbocycles. The van der Waals surface area contributed by atoms with Gasteiger partial charge in [0.15, 0.2) is 0 Å². The van der Waals surface area contributed by atoms with Crippen LogP contribution >= 0.6 is 0 Å². The van der Waals surface area contributed by atoms with Crippen LogP contribution in [0.25, 0.3) is 0 Å². The number of benzene rings is 1. The highest BCUT2D eigenvalue weighted by Gasteiger charge is 2.22. The van der Waals surface area contributed by atoms with Gasteiger partial charge in [-0.05, 0) is 69.0 Å². The van der Waals surface area contributed by atoms with Crippen molar-refractivity contribution in [3.05, 3.63) is 29.3 Å². The molecule has 1 N–H and O–H groups in total. The quantitative estimate of drug-likeness (QED) is 0.840. The minimum atomic E-state index is 0.218. The summed E-state index contributed by atoms with van der Waals surface area (Å²) in [6.45, 7) is 10.6. The Morgan fingerprint density at radius 2 is 2.00 bits per heavy atom. The molecular weight excluding hydrogens is 288 g/mol. The number of piperidine rings is 1. The van der Waals surface area contributed by atoms with Crippen LogP contribution in [0, 0.1) is 19.8 Å². The third kappa shape index (κ3) is 5.54. The highest BCUT2D eigenvalue weighted by molar-refractivity contribution is 5.76. The van der Waals surface area contributed by atoms with E-state index in [1.807, 2.05) is 17.0 Å². The number of carbonyl (C=O) groups is 1. The fraction of sp³-hybridized carbons (Fsp3) is 0.632. The van der Waals surface area contributed by atoms with Crippen LogP contribution in [0.5, 0.6) is 5.75 Å². The van der Waals surface area contributed by atoms with E-state index >= 15 is 0 Å². The predicted molar refractivity (Wildman–Crippen MR) is 93.9 cm³/mol. The first-order valence-electron chi connectivity index (χ1n) is 8.78. The van der Waals surface area contributed by atoms with Crippen molar-refractivity contribution in [3.63, 3.8) is 0 Å². The van der Waals surface area contributed by atoms with Gasteiger partial charge in [-0.2, -0.15) is 0 Å². The normalized spacial score (nSPS) is 15.7. The van der Waals surface area contributed by atoms with Crippen molar-refractivity contribution >= 4 is 5.91 Å². The molecule has 2 rings (SSSR count). The molecule has 128 valence electrons. The van der Waals surface area contributed by atoms with Gasteiger partial charge in [0.1, 0.15) is 5.75 Å². The lowest BCUT2D eigenvalue weighted by Gasteiger charge is -2.32. The van der Waals surface area contributed by atoms with Gasteiger partial charge in [0, 0.05) is 13.1 Å². The Labute approximate surface area is 140 Å². The molecule has 1 aliphatic heterocycles. The molecule has 4 nitrogen and oxygen atoms in total. The first-order chi connectivity index (χ1) is 11.1. The SMILES string of the molecule is CCNCC1CCN(C(=O)CCOc2ccc(C)c(C)c2)CC1. The number of nitrogens with zero attached hydrogens (tertiary/aromatic N) is 1. The number of carbonyl (C=O) groups excluding carboxylic acids is 1. The predicted octanol–water partition coefficient (Wildman–Crippen LogP) is 2.92. The number of amides is 1. The number of likely N-dealkylation sites (tertiary alicyclic amines) is 1. The van der Waals surface area contributed by atoms with Crippen molar-refractivity contribution in [2.45, 2.75) is 40.0 Å². The van der Waals surface area contributed by atoms with Crippen molar-refractivity contribution in [1.29, 1.82) is 0 Å². The van der Waals surface area contributed by atoms with Crippen molar-refractivity contribution in [2.24, 2.45) is 5.92 Å². The summed E-state index contributed by atoms with van der Waals surface area (Å²) in [5.74, 6) is 1.78. The van der Waals surface area contributed by atoms with Crippen molar-refractivity contribution in [3.8, 4) is 5.75 Å². The van der Waals surface area contributed by atoms with Gasteiger partial charge in [-0.25, -0.2) is 0 Å². The summed E-state index contributed by atoms with van der Waals surface area (Å²) in [4.78, 5) is 14.3. The van der Waals surface area contributed by atoms with Crippen LogP contribution in [-0.2, 0) is 4.79 Å². The van der Waals surface area contributed by atoms with E-state index in [9.17, 15) is 4.79 Å². The lowest BCUT2D eigenvalue weighted by atomic mass is 9.96. The first kappa shape index (κ1) is 17.8. The lowest BCUT2D eigenvalue weighted by molar-refractivity contribution is -0.133. The fourth-order valence-electron chi connectivity index (χ4n) is 2.95. The van der Waals surface area contributed by atoms with Gasteiger partial charge in [-0.3, -0.25) is 4.79 Å². The molecule has 0 aromatic heterocycles. The Morgan fingerprint density at radius 1 is 1.26 bits per heavy atom. The molecule has 4 heteroatoms. The Hall–Kier alpha value is -1.55. The van der Waals surface area contributed by atoms with Crippen LogP contribution in [0.15, 0.2) is 18.2 Å². The molecule has 0 unspecified atom stereocenters. The third-order valence-electron chi connectivity index (χ3n) is 4.71. The van der Waals surface area contributed by atoms with Crippen molar-refractivity contribution < 1.29 is 9.53 Å². The summed E-state index contributed by atoms with van der Waals surface area (Å²) in [6, 6.07) is 6.06. The van der Waals surface area contributed by atoms with Gasteiger partial charge in [0.05, 0.1) is 13.0 Å². The summed E-state index contributed by atoms with van der Waals surface area (Å²) >= 11 is 0. The summed E-state index contributed by atoms with van der Waals surface area (Å²) in [6.07, 6.45) is 2.68. The Balaban J connectivity index is 1.68. The summed E-state index contributed by atoms with van der Waals surface area (Å²) in [7, 11) is 0. The lowest BCUT2D eigenvalue weighted by Crippen LogP contribution is -2.41. The monoisotopic (exact) mass is 318 g/mol. The summed E-state index contributed by atoms with van der Waals surface area (Å²) in [5, 5.41) is 3.40. The third-order valence-corrected chi connectivity index (χ3v) is 4.71. The minimum Gasteiger partial charge on any atom is -0.493 e. The molecule has 1 amide bonds. The van der Waals surface area contributed by atoms with Crippen molar-refractivity contribution in [2.75, 3.05) is 32.8 Å². The minimum absolute atomic E-state index is 0.218. The maximum atomic E-state index is 12.3. The zero-order valence-electron chi connectivity index (χ0n) is 14.7. The molecule has 1 fully saturated rings. The van der Waals surface area contributed by atoms with Crippen LogP contribution in [-0.4, -0.2) is 43.6 Å². The molecule has 1 aromatic rings. The van der Waals surface area contributed by atoms with Gasteiger partial charge in [-0.1, -0.05) is 13.0 Å². The van der Waals surface area contributed by atoms with Crippen molar-refractivity contribution in [1.82, 2.24) is 10.2 Å². The molecule has 1 heterocycles. The van der Waals surface area contributed by atoms with Gasteiger partial charge in [-0.15, -0.1) is 0 Å². The van der Waals surface area contributed by atoms with E-state index in [-0.39, 0.29) is 5.91 Å². The molecule has 1 saturated heterocycles. The number of hydrogen-bond donors (Lipinski definition) is 1. The number of ether oxygens (including phenoxy) is 1. The first-order valence-corrected chi connectivity index (χ1v) is 8.78. The van der Waals surface area contributed by atoms with E-state index in [0.29, 0.717) is 18.9 Å². The maximum absolute atomic E-state index is 12.3. The Bertz CT molecular complexity index is 508. The summed E-state index contributed by atoms with van der Waals surface area (Å²) in [5.41, 5.74) is 2.48. The molecule has 0 saturated carbocycles. The van der Waals surface area contributed by atoms with Crippen LogP contribution in [0.4, 0.5) is 0 Å². The van der Waals surface area contributed by atoms with E-state index in [2.05, 4.69) is 32.2 Å². The molecule has 1 aromatic carbocycles. The van der Waals surface area contributed by atoms with Gasteiger partial charge in [0.2, 0.25) is 5.91 Å². The van der Waals surface area contributed by atoms with E-state index in [1.54, 1.807) is 0 Å². The van der Waals surface area contributed by atoms with Crippen LogP contribution in [0.3, 0.4) is 0 Å². The van der Waals surface area contributed by atoms with Gasteiger partial charge >= 0.3 is 0 Å². The van der Waals surface area contributed by atoms with Crippen LogP contribution < -0.4 is 10.1 Å². The second kappa shape index (κ2) is 8.92. The standard InChI is InChI=1S/C19H30N2O2/c1-4-20-14-17-7-10-21(11-8-17)19(22)9-12-23-18-6-5-15(2)16(3)13-18/h5-6,13,17,20H,4,7-12,14H2,1-3H3. The highest BCUT2D eigenvalue weighted by atomic mass is 16.5. The topological polar surface area (TPSA) is 41.6 Å². The number of hydrogen-bond acceptors (Lipinski definition) is 3. The molecule has 0 radical (unpaired) electrons. The average Bonchev–Trinajstić information content (AvgIpc) is 2.56. The largest absolute Gasteiger partial charge is 0.493 e. The van der Waals surface area contributed by atoms with Gasteiger partial charge < -0.3 is 15.0 Å². The number of nitrogens with one attached hydrogen (secondary N) is 1. The zero-order valence-corrected chi connectivity index (χ0v) is 14.7. The Morgan fingerprint density at radius 3 is 2.65 bits per heavy atom. The summed E-state index contributed by atoms with van der Waals surface area (Å²) < 4.78 is 5.72. The van der Waals surface area contributed by atoms with E-state index in [0.717, 1.165) is 44.8 Å². The number of rotatable bonds is 7. The molecule has 0 bridgehead atoms. The average molecular weight is 318 g/mol. The zero-order chi connectivity index (χ0) is 16.7. The highest BCUT2D eigenvalue weighted by Crippen LogP contribution is 2.18. The van der Waals surface area contributed by atoms with Crippen LogP contribution in [0.2, 0.25) is 0 Å². The van der Waals surface area contributed by atoms with E-state index < -0.39 is 0 Å². The van der Waals surface area contributed by atoms with Gasteiger partial charge in [0.25, 0.3) is 0 Å². The fourth-order valence-corrected chi connectivity index (χ4v) is 2.95. The maximum Gasteiger partial charge on any atom is 0.225 e. The molecule has 0 spiro atoms. The van der Waals surface area contributed by atoms with E-state index in [4.69, 9.17) is 4.74 Å². The molecule has 23 heavy (non-hydrogen) atoms. The Kier molecular flexibility index (Phi) is 6.90. The van der Waals surface area contributed by atoms with E-state index in [1.165, 1.54) is 11.1 Å².